The summed E-state index contributed by atoms with van der Waals surface area (Å²) in [5.41, 5.74) is 3.49. The van der Waals surface area contributed by atoms with Crippen LogP contribution >= 0.6 is 11.6 Å². The molecule has 0 N–H and O–H groups in total. The lowest BCUT2D eigenvalue weighted by molar-refractivity contribution is 0.0980. The van der Waals surface area contributed by atoms with Gasteiger partial charge in [-0.05, 0) is 41.8 Å². The van der Waals surface area contributed by atoms with Gasteiger partial charge in [-0.3, -0.25) is 9.78 Å². The predicted molar refractivity (Wildman–Crippen MR) is 90.2 cm³/mol. The van der Waals surface area contributed by atoms with Crippen LogP contribution in [-0.4, -0.2) is 32.2 Å². The van der Waals surface area contributed by atoms with Crippen molar-refractivity contribution in [2.24, 2.45) is 0 Å². The van der Waals surface area contributed by atoms with Crippen molar-refractivity contribution in [2.45, 2.75) is 13.0 Å². The van der Waals surface area contributed by atoms with Crippen LogP contribution in [0.3, 0.4) is 0 Å². The molecular formula is C17H14ClN5O. The second-order valence-corrected chi connectivity index (χ2v) is 6.13. The Morgan fingerprint density at radius 2 is 1.96 bits per heavy atom. The first kappa shape index (κ1) is 14.8. The van der Waals surface area contributed by atoms with Gasteiger partial charge in [0.15, 0.2) is 0 Å². The molecule has 2 aromatic heterocycles. The van der Waals surface area contributed by atoms with Crippen LogP contribution in [0, 0.1) is 0 Å². The van der Waals surface area contributed by atoms with E-state index in [1.54, 1.807) is 42.1 Å². The van der Waals surface area contributed by atoms with Crippen LogP contribution in [0.15, 0.2) is 49.3 Å². The Kier molecular flexibility index (Phi) is 3.74. The Balaban J connectivity index is 1.62. The Morgan fingerprint density at radius 3 is 2.79 bits per heavy atom. The van der Waals surface area contributed by atoms with Crippen molar-refractivity contribution < 1.29 is 4.79 Å². The Morgan fingerprint density at radius 1 is 1.12 bits per heavy atom. The van der Waals surface area contributed by atoms with Gasteiger partial charge in [0, 0.05) is 23.3 Å². The van der Waals surface area contributed by atoms with Crippen LogP contribution in [0.2, 0.25) is 5.02 Å². The van der Waals surface area contributed by atoms with Gasteiger partial charge in [0.05, 0.1) is 18.4 Å². The average Bonchev–Trinajstić information content (AvgIpc) is 3.08. The molecule has 0 saturated heterocycles. The molecule has 0 aliphatic carbocycles. The Bertz CT molecular complexity index is 894. The summed E-state index contributed by atoms with van der Waals surface area (Å²) in [5.74, 6) is -0.0174. The molecule has 4 rings (SSSR count). The molecule has 1 aliphatic heterocycles. The van der Waals surface area contributed by atoms with Gasteiger partial charge >= 0.3 is 0 Å². The van der Waals surface area contributed by atoms with E-state index in [4.69, 9.17) is 11.6 Å². The molecule has 0 saturated carbocycles. The number of aromatic nitrogens is 4. The highest BCUT2D eigenvalue weighted by Crippen LogP contribution is 2.26. The monoisotopic (exact) mass is 339 g/mol. The van der Waals surface area contributed by atoms with E-state index in [2.05, 4.69) is 15.2 Å². The van der Waals surface area contributed by atoms with Crippen molar-refractivity contribution >= 4 is 23.2 Å². The lowest BCUT2D eigenvalue weighted by Crippen LogP contribution is -2.37. The molecule has 3 aromatic rings. The maximum atomic E-state index is 12.8. The standard InChI is InChI=1S/C17H14ClN5O/c18-14-1-2-16-13(6-14)3-4-23(17(16)24)15-5-12(7-19-8-15)9-22-10-20-21-11-22/h1-2,5-8,10-11H,3-4,9H2. The van der Waals surface area contributed by atoms with Gasteiger partial charge in [-0.15, -0.1) is 10.2 Å². The molecule has 0 spiro atoms. The first-order valence-electron chi connectivity index (χ1n) is 7.57. The average molecular weight is 340 g/mol. The van der Waals surface area contributed by atoms with Crippen molar-refractivity contribution in [3.05, 3.63) is 71.0 Å². The topological polar surface area (TPSA) is 63.9 Å². The fourth-order valence-electron chi connectivity index (χ4n) is 2.93. The summed E-state index contributed by atoms with van der Waals surface area (Å²) in [5, 5.41) is 8.24. The molecule has 6 nitrogen and oxygen atoms in total. The number of fused-ring (bicyclic) bond motifs is 1. The van der Waals surface area contributed by atoms with Crippen molar-refractivity contribution in [2.75, 3.05) is 11.4 Å². The molecule has 0 fully saturated rings. The highest BCUT2D eigenvalue weighted by molar-refractivity contribution is 6.30. The van der Waals surface area contributed by atoms with Gasteiger partial charge in [-0.2, -0.15) is 0 Å². The summed E-state index contributed by atoms with van der Waals surface area (Å²) in [4.78, 5) is 18.8. The lowest BCUT2D eigenvalue weighted by Gasteiger charge is -2.28. The summed E-state index contributed by atoms with van der Waals surface area (Å²) in [6, 6.07) is 7.39. The number of hydrogen-bond donors (Lipinski definition) is 0. The molecule has 1 aromatic carbocycles. The normalized spacial score (nSPS) is 13.9. The third kappa shape index (κ3) is 2.76. The smallest absolute Gasteiger partial charge is 0.258 e. The first-order chi connectivity index (χ1) is 11.7. The molecule has 24 heavy (non-hydrogen) atoms. The minimum Gasteiger partial charge on any atom is -0.316 e. The van der Waals surface area contributed by atoms with Crippen LogP contribution in [0.1, 0.15) is 21.5 Å². The summed E-state index contributed by atoms with van der Waals surface area (Å²) in [7, 11) is 0. The van der Waals surface area contributed by atoms with E-state index in [-0.39, 0.29) is 5.91 Å². The zero-order chi connectivity index (χ0) is 16.5. The van der Waals surface area contributed by atoms with Gasteiger partial charge in [0.25, 0.3) is 5.91 Å². The van der Waals surface area contributed by atoms with Crippen molar-refractivity contribution in [1.29, 1.82) is 0 Å². The Hall–Kier alpha value is -2.73. The summed E-state index contributed by atoms with van der Waals surface area (Å²) in [6.45, 7) is 1.23. The first-order valence-corrected chi connectivity index (χ1v) is 7.95. The maximum absolute atomic E-state index is 12.8. The van der Waals surface area contributed by atoms with Gasteiger partial charge in [0.1, 0.15) is 12.7 Å². The van der Waals surface area contributed by atoms with Crippen LogP contribution in [-0.2, 0) is 13.0 Å². The van der Waals surface area contributed by atoms with Gasteiger partial charge < -0.3 is 9.47 Å². The molecule has 0 bridgehead atoms. The largest absolute Gasteiger partial charge is 0.316 e. The second-order valence-electron chi connectivity index (χ2n) is 5.69. The second kappa shape index (κ2) is 6.05. The number of anilines is 1. The number of halogens is 1. The molecule has 1 aliphatic rings. The van der Waals surface area contributed by atoms with Gasteiger partial charge in [-0.1, -0.05) is 11.6 Å². The minimum absolute atomic E-state index is 0.0174. The third-order valence-corrected chi connectivity index (χ3v) is 4.31. The van der Waals surface area contributed by atoms with E-state index >= 15 is 0 Å². The summed E-state index contributed by atoms with van der Waals surface area (Å²) >= 11 is 6.02. The third-order valence-electron chi connectivity index (χ3n) is 4.07. The predicted octanol–water partition coefficient (Wildman–Crippen LogP) is 2.58. The van der Waals surface area contributed by atoms with E-state index < -0.39 is 0 Å². The van der Waals surface area contributed by atoms with Gasteiger partial charge in [0.2, 0.25) is 0 Å². The quantitative estimate of drug-likeness (QED) is 0.735. The molecule has 0 atom stereocenters. The zero-order valence-corrected chi connectivity index (χ0v) is 13.5. The highest BCUT2D eigenvalue weighted by Gasteiger charge is 2.25. The number of carbonyl (C=O) groups is 1. The highest BCUT2D eigenvalue weighted by atomic mass is 35.5. The number of hydrogen-bond acceptors (Lipinski definition) is 4. The number of rotatable bonds is 3. The molecule has 0 unspecified atom stereocenters. The number of benzene rings is 1. The lowest BCUT2D eigenvalue weighted by atomic mass is 9.98. The van der Waals surface area contributed by atoms with Crippen LogP contribution < -0.4 is 4.90 Å². The SMILES string of the molecule is O=C1c2ccc(Cl)cc2CCN1c1cncc(Cn2cnnc2)c1. The van der Waals surface area contributed by atoms with Gasteiger partial charge in [-0.25, -0.2) is 0 Å². The zero-order valence-electron chi connectivity index (χ0n) is 12.8. The van der Waals surface area contributed by atoms with E-state index in [1.807, 2.05) is 16.7 Å². The molecule has 0 radical (unpaired) electrons. The van der Waals surface area contributed by atoms with E-state index in [0.29, 0.717) is 23.7 Å². The number of carbonyl (C=O) groups excluding carboxylic acids is 1. The molecule has 7 heteroatoms. The molecule has 3 heterocycles. The number of nitrogens with zero attached hydrogens (tertiary/aromatic N) is 5. The maximum Gasteiger partial charge on any atom is 0.258 e. The van der Waals surface area contributed by atoms with Crippen LogP contribution in [0.5, 0.6) is 0 Å². The molecule has 120 valence electrons. The van der Waals surface area contributed by atoms with Crippen molar-refractivity contribution in [3.8, 4) is 0 Å². The Labute approximate surface area is 143 Å². The summed E-state index contributed by atoms with van der Waals surface area (Å²) in [6.07, 6.45) is 7.58. The van der Waals surface area contributed by atoms with E-state index in [1.165, 1.54) is 0 Å². The van der Waals surface area contributed by atoms with E-state index in [0.717, 1.165) is 23.2 Å². The number of pyridine rings is 1. The number of amides is 1. The van der Waals surface area contributed by atoms with Crippen LogP contribution in [0.25, 0.3) is 0 Å². The molecule has 1 amide bonds. The fraction of sp³-hybridized carbons (Fsp3) is 0.176. The minimum atomic E-state index is -0.0174. The van der Waals surface area contributed by atoms with Crippen molar-refractivity contribution in [3.63, 3.8) is 0 Å². The van der Waals surface area contributed by atoms with E-state index in [9.17, 15) is 4.79 Å². The van der Waals surface area contributed by atoms with Crippen molar-refractivity contribution in [1.82, 2.24) is 19.7 Å². The van der Waals surface area contributed by atoms with Crippen LogP contribution in [0.4, 0.5) is 5.69 Å². The fourth-order valence-corrected chi connectivity index (χ4v) is 3.12. The molecular weight excluding hydrogens is 326 g/mol. The summed E-state index contributed by atoms with van der Waals surface area (Å²) < 4.78 is 1.86.